The maximum absolute atomic E-state index is 10.3. The minimum Gasteiger partial charge on any atom is -0.431 e. The molecule has 13 heavy (non-hydrogen) atoms. The normalized spacial score (nSPS) is 20.8. The summed E-state index contributed by atoms with van der Waals surface area (Å²) in [5.41, 5.74) is 0. The van der Waals surface area contributed by atoms with E-state index in [9.17, 15) is 4.79 Å². The molecule has 1 aliphatic carbocycles. The molecule has 74 valence electrons. The molecule has 0 bridgehead atoms. The van der Waals surface area contributed by atoms with E-state index in [1.165, 1.54) is 19.3 Å². The van der Waals surface area contributed by atoms with Crippen molar-refractivity contribution in [3.05, 3.63) is 8.25 Å². The van der Waals surface area contributed by atoms with Gasteiger partial charge in [0.2, 0.25) is 0 Å². The molecular weight excluding hydrogens is 347 g/mol. The molecule has 1 rings (SSSR count). The molecule has 0 amide bonds. The second-order valence-electron chi connectivity index (χ2n) is 3.17. The molecule has 4 heteroatoms. The molecule has 1 saturated carbocycles. The van der Waals surface area contributed by atoms with Crippen molar-refractivity contribution in [2.75, 3.05) is 0 Å². The van der Waals surface area contributed by atoms with Gasteiger partial charge in [-0.2, -0.15) is 0 Å². The second kappa shape index (κ2) is 6.01. The summed E-state index contributed by atoms with van der Waals surface area (Å²) in [4.78, 5) is 10.3. The summed E-state index contributed by atoms with van der Waals surface area (Å²) in [6, 6.07) is 0. The average molecular weight is 359 g/mol. The molecule has 0 unspecified atom stereocenters. The summed E-state index contributed by atoms with van der Waals surface area (Å²) in [5, 5.41) is 0. The van der Waals surface area contributed by atoms with Crippen LogP contribution in [0.1, 0.15) is 32.1 Å². The van der Waals surface area contributed by atoms with E-state index in [0.717, 1.165) is 21.1 Å². The van der Waals surface area contributed by atoms with Crippen molar-refractivity contribution in [2.45, 2.75) is 32.1 Å². The fourth-order valence-corrected chi connectivity index (χ4v) is 2.70. The molecule has 0 radical (unpaired) electrons. The number of carbonyl (C=O) groups is 1. The average Bonchev–Trinajstić information content (AvgIpc) is 2.15. The van der Waals surface area contributed by atoms with Gasteiger partial charge in [-0.15, -0.1) is 0 Å². The highest BCUT2D eigenvalue weighted by atomic mass is 127. The molecule has 0 aromatic rings. The van der Waals surface area contributed by atoms with Crippen LogP contribution in [0.3, 0.4) is 0 Å². The first-order valence-electron chi connectivity index (χ1n) is 4.41. The molecule has 0 aromatic carbocycles. The van der Waals surface area contributed by atoms with Gasteiger partial charge in [-0.3, -0.25) is 4.79 Å². The Kier molecular flexibility index (Phi) is 5.31. The van der Waals surface area contributed by atoms with Crippen LogP contribution >= 0.6 is 38.5 Å². The zero-order valence-corrected chi connectivity index (χ0v) is 11.0. The van der Waals surface area contributed by atoms with Crippen LogP contribution in [0.15, 0.2) is 8.25 Å². The van der Waals surface area contributed by atoms with Crippen molar-refractivity contribution < 1.29 is 9.53 Å². The monoisotopic (exact) mass is 358 g/mol. The second-order valence-corrected chi connectivity index (χ2v) is 6.53. The van der Waals surface area contributed by atoms with E-state index in [-0.39, 0.29) is 0 Å². The summed E-state index contributed by atoms with van der Waals surface area (Å²) >= 11 is 5.50. The van der Waals surface area contributed by atoms with Crippen LogP contribution in [0.2, 0.25) is 0 Å². The van der Waals surface area contributed by atoms with Crippen molar-refractivity contribution in [1.29, 1.82) is 0 Å². The van der Waals surface area contributed by atoms with E-state index in [2.05, 4.69) is 38.5 Å². The topological polar surface area (TPSA) is 26.3 Å². The SMILES string of the molecule is O=CO/C(=C(\Br)I)C1CCCCC1. The Bertz CT molecular complexity index is 206. The maximum atomic E-state index is 10.3. The number of allylic oxidation sites excluding steroid dienone is 1. The first-order chi connectivity index (χ1) is 6.25. The Labute approximate surface area is 100 Å². The molecule has 0 aliphatic heterocycles. The third kappa shape index (κ3) is 3.58. The summed E-state index contributed by atoms with van der Waals surface area (Å²) < 4.78 is 5.91. The quantitative estimate of drug-likeness (QED) is 0.436. The lowest BCUT2D eigenvalue weighted by Gasteiger charge is -2.22. The lowest BCUT2D eigenvalue weighted by molar-refractivity contribution is -0.126. The van der Waals surface area contributed by atoms with Gasteiger partial charge < -0.3 is 4.74 Å². The largest absolute Gasteiger partial charge is 0.431 e. The van der Waals surface area contributed by atoms with Crippen LogP contribution in [-0.4, -0.2) is 6.47 Å². The van der Waals surface area contributed by atoms with Gasteiger partial charge in [-0.05, 0) is 51.4 Å². The van der Waals surface area contributed by atoms with E-state index in [1.807, 2.05) is 0 Å². The Hall–Kier alpha value is 0.420. The van der Waals surface area contributed by atoms with Gasteiger partial charge in [0.1, 0.15) is 5.76 Å². The van der Waals surface area contributed by atoms with E-state index in [1.54, 1.807) is 0 Å². The maximum Gasteiger partial charge on any atom is 0.298 e. The number of carbonyl (C=O) groups excluding carboxylic acids is 1. The predicted molar refractivity (Wildman–Crippen MR) is 63.7 cm³/mol. The van der Waals surface area contributed by atoms with Crippen LogP contribution in [0.5, 0.6) is 0 Å². The number of ether oxygens (including phenoxy) is 1. The van der Waals surface area contributed by atoms with Crippen molar-refractivity contribution >= 4 is 45.0 Å². The summed E-state index contributed by atoms with van der Waals surface area (Å²) in [6.45, 7) is 0.518. The van der Waals surface area contributed by atoms with E-state index < -0.39 is 0 Å². The molecule has 0 N–H and O–H groups in total. The molecule has 0 atom stereocenters. The highest BCUT2D eigenvalue weighted by Gasteiger charge is 2.21. The van der Waals surface area contributed by atoms with Crippen LogP contribution in [0, 0.1) is 5.92 Å². The fraction of sp³-hybridized carbons (Fsp3) is 0.667. The van der Waals surface area contributed by atoms with E-state index in [0.29, 0.717) is 12.4 Å². The summed E-state index contributed by atoms with van der Waals surface area (Å²) in [6.07, 6.45) is 6.08. The number of hydrogen-bond acceptors (Lipinski definition) is 2. The molecule has 1 aliphatic rings. The van der Waals surface area contributed by atoms with Gasteiger partial charge >= 0.3 is 0 Å². The smallest absolute Gasteiger partial charge is 0.298 e. The van der Waals surface area contributed by atoms with Gasteiger partial charge in [-0.25, -0.2) is 0 Å². The number of hydrogen-bond donors (Lipinski definition) is 0. The third-order valence-corrected chi connectivity index (χ3v) is 3.26. The van der Waals surface area contributed by atoms with Crippen molar-refractivity contribution in [1.82, 2.24) is 0 Å². The first kappa shape index (κ1) is 11.5. The summed E-state index contributed by atoms with van der Waals surface area (Å²) in [5.74, 6) is 1.25. The van der Waals surface area contributed by atoms with Gasteiger partial charge in [-0.1, -0.05) is 19.3 Å². The molecule has 0 heterocycles. The van der Waals surface area contributed by atoms with Crippen molar-refractivity contribution in [3.63, 3.8) is 0 Å². The first-order valence-corrected chi connectivity index (χ1v) is 6.28. The van der Waals surface area contributed by atoms with Gasteiger partial charge in [0.25, 0.3) is 6.47 Å². The Morgan fingerprint density at radius 1 is 1.38 bits per heavy atom. The molecule has 0 aromatic heterocycles. The van der Waals surface area contributed by atoms with Crippen LogP contribution < -0.4 is 0 Å². The molecule has 2 nitrogen and oxygen atoms in total. The van der Waals surface area contributed by atoms with Crippen LogP contribution in [0.4, 0.5) is 0 Å². The lowest BCUT2D eigenvalue weighted by Crippen LogP contribution is -2.11. The fourth-order valence-electron chi connectivity index (χ4n) is 1.71. The van der Waals surface area contributed by atoms with Gasteiger partial charge in [0.05, 0.1) is 2.49 Å². The van der Waals surface area contributed by atoms with Crippen molar-refractivity contribution in [2.24, 2.45) is 5.92 Å². The standard InChI is InChI=1S/C9H12BrIO2/c10-9(11)8(13-6-12)7-4-2-1-3-5-7/h6-7H,1-5H2/b9-8+. The van der Waals surface area contributed by atoms with Gasteiger partial charge in [0.15, 0.2) is 0 Å². The van der Waals surface area contributed by atoms with E-state index >= 15 is 0 Å². The van der Waals surface area contributed by atoms with Crippen LogP contribution in [-0.2, 0) is 9.53 Å². The van der Waals surface area contributed by atoms with Gasteiger partial charge in [0, 0.05) is 5.92 Å². The zero-order chi connectivity index (χ0) is 9.68. The molecule has 0 saturated heterocycles. The minimum absolute atomic E-state index is 0.435. The Balaban J connectivity index is 2.63. The van der Waals surface area contributed by atoms with E-state index in [4.69, 9.17) is 4.74 Å². The lowest BCUT2D eigenvalue weighted by atomic mass is 9.88. The minimum atomic E-state index is 0.435. The molecule has 0 spiro atoms. The Morgan fingerprint density at radius 2 is 2.00 bits per heavy atom. The third-order valence-electron chi connectivity index (χ3n) is 2.34. The zero-order valence-electron chi connectivity index (χ0n) is 7.26. The molecule has 1 fully saturated rings. The highest BCUT2D eigenvalue weighted by molar-refractivity contribution is 14.1. The number of rotatable bonds is 3. The molecular formula is C9H12BrIO2. The predicted octanol–water partition coefficient (Wildman–Crippen LogP) is 3.74. The Morgan fingerprint density at radius 3 is 2.46 bits per heavy atom. The van der Waals surface area contributed by atoms with Crippen molar-refractivity contribution in [3.8, 4) is 0 Å². The summed E-state index contributed by atoms with van der Waals surface area (Å²) in [7, 11) is 0. The van der Waals surface area contributed by atoms with Crippen LogP contribution in [0.25, 0.3) is 0 Å². The number of halogens is 2. The highest BCUT2D eigenvalue weighted by Crippen LogP contribution is 2.35.